The third-order valence-electron chi connectivity index (χ3n) is 3.43. The van der Waals surface area contributed by atoms with Crippen LogP contribution in [0.3, 0.4) is 0 Å². The van der Waals surface area contributed by atoms with Gasteiger partial charge in [-0.1, -0.05) is 42.1 Å². The monoisotopic (exact) mass is 329 g/mol. The average Bonchev–Trinajstić information content (AvgIpc) is 2.93. The number of nitrogens with zero attached hydrogens (tertiary/aromatic N) is 5. The zero-order valence-electron chi connectivity index (χ0n) is 13.4. The standard InChI is InChI=1S/C16H19N5OS/c1-12(15(22)20(2)11-7-10-17)23-16-19-18-14(21(16)3)13-8-5-4-6-9-13/h4-6,8-9,12H,7,11H2,1-3H3/t12-/m0/s1. The number of nitriles is 1. The van der Waals surface area contributed by atoms with E-state index in [1.165, 1.54) is 11.8 Å². The molecule has 2 aromatic rings. The van der Waals surface area contributed by atoms with Crippen LogP contribution in [0, 0.1) is 11.3 Å². The van der Waals surface area contributed by atoms with Crippen molar-refractivity contribution < 1.29 is 4.79 Å². The molecule has 0 fully saturated rings. The molecule has 0 spiro atoms. The third kappa shape index (κ3) is 4.11. The van der Waals surface area contributed by atoms with Crippen molar-refractivity contribution in [2.45, 2.75) is 23.8 Å². The van der Waals surface area contributed by atoms with Crippen LogP contribution >= 0.6 is 11.8 Å². The van der Waals surface area contributed by atoms with Gasteiger partial charge in [0, 0.05) is 26.2 Å². The highest BCUT2D eigenvalue weighted by atomic mass is 32.2. The fourth-order valence-electron chi connectivity index (χ4n) is 2.10. The molecular weight excluding hydrogens is 310 g/mol. The minimum Gasteiger partial charge on any atom is -0.344 e. The molecule has 1 amide bonds. The van der Waals surface area contributed by atoms with E-state index in [9.17, 15) is 4.79 Å². The van der Waals surface area contributed by atoms with Gasteiger partial charge >= 0.3 is 0 Å². The van der Waals surface area contributed by atoms with Crippen molar-refractivity contribution in [3.63, 3.8) is 0 Å². The van der Waals surface area contributed by atoms with Gasteiger partial charge in [0.2, 0.25) is 5.91 Å². The molecular formula is C16H19N5OS. The fraction of sp³-hybridized carbons (Fsp3) is 0.375. The van der Waals surface area contributed by atoms with Crippen molar-refractivity contribution in [2.75, 3.05) is 13.6 Å². The Kier molecular flexibility index (Phi) is 5.77. The number of rotatable bonds is 6. The molecule has 0 saturated heterocycles. The van der Waals surface area contributed by atoms with Crippen molar-refractivity contribution in [2.24, 2.45) is 7.05 Å². The summed E-state index contributed by atoms with van der Waals surface area (Å²) in [5.74, 6) is 0.750. The Morgan fingerprint density at radius 1 is 1.39 bits per heavy atom. The van der Waals surface area contributed by atoms with E-state index in [2.05, 4.69) is 10.2 Å². The Balaban J connectivity index is 2.08. The average molecular weight is 329 g/mol. The second kappa shape index (κ2) is 7.79. The SMILES string of the molecule is C[C@H](Sc1nnc(-c2ccccc2)n1C)C(=O)N(C)CCC#N. The second-order valence-electron chi connectivity index (χ2n) is 5.16. The van der Waals surface area contributed by atoms with Crippen LogP contribution in [0.4, 0.5) is 0 Å². The maximum absolute atomic E-state index is 12.3. The summed E-state index contributed by atoms with van der Waals surface area (Å²) in [6, 6.07) is 11.9. The lowest BCUT2D eigenvalue weighted by Gasteiger charge is -2.19. The van der Waals surface area contributed by atoms with Gasteiger partial charge in [0.25, 0.3) is 0 Å². The van der Waals surface area contributed by atoms with Crippen LogP contribution in [0.15, 0.2) is 35.5 Å². The van der Waals surface area contributed by atoms with Crippen molar-refractivity contribution >= 4 is 17.7 Å². The van der Waals surface area contributed by atoms with Gasteiger partial charge in [0.15, 0.2) is 11.0 Å². The summed E-state index contributed by atoms with van der Waals surface area (Å²) in [6.45, 7) is 2.28. The topological polar surface area (TPSA) is 74.8 Å². The predicted octanol–water partition coefficient (Wildman–Crippen LogP) is 2.33. The van der Waals surface area contributed by atoms with Crippen molar-refractivity contribution in [1.29, 1.82) is 5.26 Å². The van der Waals surface area contributed by atoms with E-state index >= 15 is 0 Å². The minimum atomic E-state index is -0.287. The van der Waals surface area contributed by atoms with Crippen LogP contribution in [-0.2, 0) is 11.8 Å². The maximum Gasteiger partial charge on any atom is 0.235 e. The van der Waals surface area contributed by atoms with Crippen molar-refractivity contribution in [1.82, 2.24) is 19.7 Å². The Morgan fingerprint density at radius 3 is 2.74 bits per heavy atom. The van der Waals surface area contributed by atoms with Crippen LogP contribution in [0.2, 0.25) is 0 Å². The zero-order valence-corrected chi connectivity index (χ0v) is 14.2. The number of carbonyl (C=O) groups is 1. The van der Waals surface area contributed by atoms with Gasteiger partial charge in [-0.25, -0.2) is 0 Å². The van der Waals surface area contributed by atoms with Crippen LogP contribution in [0.25, 0.3) is 11.4 Å². The Morgan fingerprint density at radius 2 is 2.09 bits per heavy atom. The first kappa shape index (κ1) is 17.0. The van der Waals surface area contributed by atoms with Gasteiger partial charge in [-0.2, -0.15) is 5.26 Å². The molecule has 2 rings (SSSR count). The molecule has 1 heterocycles. The molecule has 1 atom stereocenters. The number of thioether (sulfide) groups is 1. The third-order valence-corrected chi connectivity index (χ3v) is 4.55. The Hall–Kier alpha value is -2.33. The van der Waals surface area contributed by atoms with E-state index in [1.807, 2.05) is 54.9 Å². The first-order valence-corrected chi connectivity index (χ1v) is 8.16. The Labute approximate surface area is 140 Å². The molecule has 23 heavy (non-hydrogen) atoms. The van der Waals surface area contributed by atoms with E-state index in [-0.39, 0.29) is 11.2 Å². The van der Waals surface area contributed by atoms with E-state index in [0.717, 1.165) is 11.4 Å². The van der Waals surface area contributed by atoms with Gasteiger partial charge in [-0.15, -0.1) is 10.2 Å². The predicted molar refractivity (Wildman–Crippen MR) is 89.6 cm³/mol. The van der Waals surface area contributed by atoms with Gasteiger partial charge < -0.3 is 9.47 Å². The smallest absolute Gasteiger partial charge is 0.235 e. The highest BCUT2D eigenvalue weighted by molar-refractivity contribution is 8.00. The first-order valence-electron chi connectivity index (χ1n) is 7.28. The number of hydrogen-bond acceptors (Lipinski definition) is 5. The summed E-state index contributed by atoms with van der Waals surface area (Å²) in [6.07, 6.45) is 0.335. The van der Waals surface area contributed by atoms with Gasteiger partial charge in [0.05, 0.1) is 17.7 Å². The molecule has 1 aromatic carbocycles. The molecule has 0 N–H and O–H groups in total. The zero-order chi connectivity index (χ0) is 16.8. The lowest BCUT2D eigenvalue weighted by Crippen LogP contribution is -2.34. The molecule has 0 aliphatic heterocycles. The number of aromatic nitrogens is 3. The summed E-state index contributed by atoms with van der Waals surface area (Å²) >= 11 is 1.37. The largest absolute Gasteiger partial charge is 0.344 e. The van der Waals surface area contributed by atoms with E-state index in [0.29, 0.717) is 18.1 Å². The molecule has 0 aliphatic carbocycles. The molecule has 0 unspecified atom stereocenters. The lowest BCUT2D eigenvalue weighted by molar-refractivity contribution is -0.128. The molecule has 0 aliphatic rings. The quantitative estimate of drug-likeness (QED) is 0.760. The number of amides is 1. The van der Waals surface area contributed by atoms with E-state index in [4.69, 9.17) is 5.26 Å². The maximum atomic E-state index is 12.3. The van der Waals surface area contributed by atoms with Crippen LogP contribution < -0.4 is 0 Å². The summed E-state index contributed by atoms with van der Waals surface area (Å²) in [5.41, 5.74) is 0.986. The number of benzene rings is 1. The summed E-state index contributed by atoms with van der Waals surface area (Å²) < 4.78 is 1.89. The molecule has 6 nitrogen and oxygen atoms in total. The van der Waals surface area contributed by atoms with Gasteiger partial charge in [0.1, 0.15) is 0 Å². The Bertz CT molecular complexity index is 707. The van der Waals surface area contributed by atoms with Crippen LogP contribution in [0.5, 0.6) is 0 Å². The summed E-state index contributed by atoms with van der Waals surface area (Å²) in [5, 5.41) is 17.4. The molecule has 0 radical (unpaired) electrons. The van der Waals surface area contributed by atoms with Gasteiger partial charge in [-0.05, 0) is 6.92 Å². The second-order valence-corrected chi connectivity index (χ2v) is 6.47. The summed E-state index contributed by atoms with van der Waals surface area (Å²) in [7, 11) is 3.60. The molecule has 0 bridgehead atoms. The minimum absolute atomic E-state index is 0.0190. The molecule has 7 heteroatoms. The fourth-order valence-corrected chi connectivity index (χ4v) is 3.03. The van der Waals surface area contributed by atoms with E-state index < -0.39 is 0 Å². The van der Waals surface area contributed by atoms with E-state index in [1.54, 1.807) is 11.9 Å². The van der Waals surface area contributed by atoms with Crippen molar-refractivity contribution in [3.05, 3.63) is 30.3 Å². The van der Waals surface area contributed by atoms with Crippen molar-refractivity contribution in [3.8, 4) is 17.5 Å². The molecule has 120 valence electrons. The highest BCUT2D eigenvalue weighted by Gasteiger charge is 2.21. The lowest BCUT2D eigenvalue weighted by atomic mass is 10.2. The summed E-state index contributed by atoms with van der Waals surface area (Å²) in [4.78, 5) is 13.9. The van der Waals surface area contributed by atoms with Crippen LogP contribution in [0.1, 0.15) is 13.3 Å². The highest BCUT2D eigenvalue weighted by Crippen LogP contribution is 2.26. The normalized spacial score (nSPS) is 11.7. The first-order chi connectivity index (χ1) is 11.0. The number of carbonyl (C=O) groups excluding carboxylic acids is 1. The van der Waals surface area contributed by atoms with Gasteiger partial charge in [-0.3, -0.25) is 4.79 Å². The molecule has 0 saturated carbocycles. The van der Waals surface area contributed by atoms with Crippen LogP contribution in [-0.4, -0.2) is 44.4 Å². The number of hydrogen-bond donors (Lipinski definition) is 0. The molecule has 1 aromatic heterocycles.